The molecule has 2 aromatic heterocycles. The van der Waals surface area contributed by atoms with E-state index in [1.54, 1.807) is 7.11 Å². The average Bonchev–Trinajstić information content (AvgIpc) is 3.22. The molecule has 4 rings (SSSR count). The van der Waals surface area contributed by atoms with Crippen molar-refractivity contribution in [2.45, 2.75) is 64.0 Å². The number of H-pyrrole nitrogens is 1. The molecule has 0 saturated carbocycles. The quantitative estimate of drug-likeness (QED) is 0.901. The van der Waals surface area contributed by atoms with E-state index in [1.807, 2.05) is 4.90 Å². The van der Waals surface area contributed by atoms with Gasteiger partial charge in [-0.3, -0.25) is 9.89 Å². The van der Waals surface area contributed by atoms with Gasteiger partial charge in [-0.15, -0.1) is 0 Å². The van der Waals surface area contributed by atoms with Crippen LogP contribution in [-0.2, 0) is 24.2 Å². The molecule has 3 heterocycles. The van der Waals surface area contributed by atoms with E-state index in [2.05, 4.69) is 20.3 Å². The first-order chi connectivity index (χ1) is 12.8. The topological polar surface area (TPSA) is 97.1 Å². The van der Waals surface area contributed by atoms with Gasteiger partial charge in [-0.05, 0) is 38.5 Å². The van der Waals surface area contributed by atoms with Gasteiger partial charge < -0.3 is 14.2 Å². The van der Waals surface area contributed by atoms with Crippen molar-refractivity contribution in [1.29, 1.82) is 0 Å². The van der Waals surface area contributed by atoms with Crippen LogP contribution in [0.5, 0.6) is 0 Å². The van der Waals surface area contributed by atoms with Gasteiger partial charge in [-0.2, -0.15) is 10.1 Å². The van der Waals surface area contributed by atoms with Crippen LogP contribution in [0.2, 0.25) is 0 Å². The molecule has 1 amide bonds. The van der Waals surface area contributed by atoms with Crippen molar-refractivity contribution in [3.8, 4) is 0 Å². The van der Waals surface area contributed by atoms with E-state index in [1.165, 1.54) is 0 Å². The van der Waals surface area contributed by atoms with Crippen molar-refractivity contribution in [2.24, 2.45) is 0 Å². The van der Waals surface area contributed by atoms with Gasteiger partial charge in [0.1, 0.15) is 6.61 Å². The minimum absolute atomic E-state index is 0.0191. The second-order valence-electron chi connectivity index (χ2n) is 7.08. The fraction of sp³-hybridized carbons (Fsp3) is 0.667. The summed E-state index contributed by atoms with van der Waals surface area (Å²) in [5, 5.41) is 11.6. The molecule has 8 nitrogen and oxygen atoms in total. The van der Waals surface area contributed by atoms with Gasteiger partial charge in [-0.25, -0.2) is 0 Å². The summed E-state index contributed by atoms with van der Waals surface area (Å²) in [5.41, 5.74) is 2.79. The predicted octanol–water partition coefficient (Wildman–Crippen LogP) is 2.58. The molecular formula is C18H25N5O3. The third-order valence-electron chi connectivity index (χ3n) is 5.32. The summed E-state index contributed by atoms with van der Waals surface area (Å²) < 4.78 is 10.3. The molecule has 0 aromatic carbocycles. The highest BCUT2D eigenvalue weighted by Gasteiger charge is 2.34. The number of methoxy groups -OCH3 is 1. The number of hydrogen-bond donors (Lipinski definition) is 1. The fourth-order valence-electron chi connectivity index (χ4n) is 4.00. The van der Waals surface area contributed by atoms with Crippen LogP contribution in [0.15, 0.2) is 4.52 Å². The van der Waals surface area contributed by atoms with E-state index >= 15 is 0 Å². The molecule has 1 atom stereocenters. The van der Waals surface area contributed by atoms with E-state index in [9.17, 15) is 4.79 Å². The number of likely N-dealkylation sites (tertiary alicyclic amines) is 1. The molecule has 1 unspecified atom stereocenters. The summed E-state index contributed by atoms with van der Waals surface area (Å²) in [6, 6.07) is -0.171. The number of hydrogen-bond acceptors (Lipinski definition) is 6. The lowest BCUT2D eigenvalue weighted by Crippen LogP contribution is -2.36. The van der Waals surface area contributed by atoms with Gasteiger partial charge in [-0.1, -0.05) is 18.0 Å². The molecule has 2 aliphatic rings. The van der Waals surface area contributed by atoms with Gasteiger partial charge in [0.25, 0.3) is 11.8 Å². The highest BCUT2D eigenvalue weighted by Crippen LogP contribution is 2.31. The molecule has 26 heavy (non-hydrogen) atoms. The number of ether oxygens (including phenoxy) is 1. The molecule has 2 aromatic rings. The van der Waals surface area contributed by atoms with Crippen LogP contribution in [0, 0.1) is 0 Å². The van der Waals surface area contributed by atoms with Crippen LogP contribution in [-0.4, -0.2) is 44.8 Å². The van der Waals surface area contributed by atoms with Gasteiger partial charge in [0.15, 0.2) is 11.5 Å². The number of carbonyl (C=O) groups excluding carboxylic acids is 1. The molecule has 8 heteroatoms. The maximum absolute atomic E-state index is 13.3. The maximum atomic E-state index is 13.3. The summed E-state index contributed by atoms with van der Waals surface area (Å²) in [6.07, 6.45) is 8.13. The van der Waals surface area contributed by atoms with Crippen molar-refractivity contribution in [3.63, 3.8) is 0 Å². The Kier molecular flexibility index (Phi) is 5.01. The van der Waals surface area contributed by atoms with Crippen molar-refractivity contribution >= 4 is 5.91 Å². The third-order valence-corrected chi connectivity index (χ3v) is 5.32. The highest BCUT2D eigenvalue weighted by molar-refractivity contribution is 5.94. The Morgan fingerprint density at radius 3 is 3.04 bits per heavy atom. The third kappa shape index (κ3) is 3.25. The van der Waals surface area contributed by atoms with E-state index in [0.29, 0.717) is 24.0 Å². The lowest BCUT2D eigenvalue weighted by Gasteiger charge is -2.27. The van der Waals surface area contributed by atoms with Crippen molar-refractivity contribution < 1.29 is 14.1 Å². The minimum atomic E-state index is -0.171. The van der Waals surface area contributed by atoms with E-state index in [-0.39, 0.29) is 18.6 Å². The molecule has 1 fully saturated rings. The molecule has 1 N–H and O–H groups in total. The fourth-order valence-corrected chi connectivity index (χ4v) is 4.00. The van der Waals surface area contributed by atoms with Crippen LogP contribution in [0.4, 0.5) is 0 Å². The van der Waals surface area contributed by atoms with Gasteiger partial charge >= 0.3 is 0 Å². The Hall–Kier alpha value is -2.22. The summed E-state index contributed by atoms with van der Waals surface area (Å²) in [7, 11) is 1.59. The van der Waals surface area contributed by atoms with Gasteiger partial charge in [0.05, 0.1) is 6.04 Å². The highest BCUT2D eigenvalue weighted by atomic mass is 16.5. The number of nitrogens with one attached hydrogen (secondary N) is 1. The molecule has 0 radical (unpaired) electrons. The smallest absolute Gasteiger partial charge is 0.275 e. The number of fused-ring (bicyclic) bond motifs is 1. The van der Waals surface area contributed by atoms with Gasteiger partial charge in [0.2, 0.25) is 0 Å². The van der Waals surface area contributed by atoms with Crippen LogP contribution < -0.4 is 0 Å². The molecular weight excluding hydrogens is 334 g/mol. The number of aromatic nitrogens is 4. The monoisotopic (exact) mass is 359 g/mol. The molecule has 140 valence electrons. The standard InChI is InChI=1S/C18H25N5O3/c1-25-11-15-19-17(22-26-15)14-9-3-2-6-10-23(14)18(24)16-12-7-4-5-8-13(12)20-21-16/h14H,2-11H2,1H3,(H,20,21). The van der Waals surface area contributed by atoms with Crippen LogP contribution in [0.25, 0.3) is 0 Å². The van der Waals surface area contributed by atoms with Crippen LogP contribution >= 0.6 is 0 Å². The largest absolute Gasteiger partial charge is 0.375 e. The lowest BCUT2D eigenvalue weighted by molar-refractivity contribution is 0.0663. The Balaban J connectivity index is 1.62. The Labute approximate surface area is 152 Å². The van der Waals surface area contributed by atoms with Crippen molar-refractivity contribution in [1.82, 2.24) is 25.2 Å². The molecule has 0 spiro atoms. The van der Waals surface area contributed by atoms with Crippen LogP contribution in [0.3, 0.4) is 0 Å². The number of carbonyl (C=O) groups is 1. The zero-order chi connectivity index (χ0) is 17.9. The summed E-state index contributed by atoms with van der Waals surface area (Å²) in [5.74, 6) is 0.988. The summed E-state index contributed by atoms with van der Waals surface area (Å²) >= 11 is 0. The van der Waals surface area contributed by atoms with E-state index in [0.717, 1.165) is 62.6 Å². The molecule has 0 bridgehead atoms. The molecule has 1 aliphatic heterocycles. The zero-order valence-electron chi connectivity index (χ0n) is 15.2. The Morgan fingerprint density at radius 1 is 1.27 bits per heavy atom. The number of aryl methyl sites for hydroxylation is 1. The average molecular weight is 359 g/mol. The minimum Gasteiger partial charge on any atom is -0.375 e. The first kappa shape index (κ1) is 17.2. The van der Waals surface area contributed by atoms with Crippen LogP contribution in [0.1, 0.15) is 78.0 Å². The van der Waals surface area contributed by atoms with Crippen molar-refractivity contribution in [3.05, 3.63) is 28.7 Å². The second-order valence-corrected chi connectivity index (χ2v) is 7.08. The summed E-state index contributed by atoms with van der Waals surface area (Å²) in [4.78, 5) is 19.7. The van der Waals surface area contributed by atoms with Crippen molar-refractivity contribution in [2.75, 3.05) is 13.7 Å². The maximum Gasteiger partial charge on any atom is 0.275 e. The number of nitrogens with zero attached hydrogens (tertiary/aromatic N) is 4. The number of amides is 1. The first-order valence-corrected chi connectivity index (χ1v) is 9.46. The predicted molar refractivity (Wildman–Crippen MR) is 92.5 cm³/mol. The van der Waals surface area contributed by atoms with E-state index in [4.69, 9.17) is 9.26 Å². The number of rotatable bonds is 4. The molecule has 1 saturated heterocycles. The zero-order valence-corrected chi connectivity index (χ0v) is 15.2. The normalized spacial score (nSPS) is 20.7. The number of aromatic amines is 1. The summed E-state index contributed by atoms with van der Waals surface area (Å²) in [6.45, 7) is 0.972. The Morgan fingerprint density at radius 2 is 2.15 bits per heavy atom. The lowest BCUT2D eigenvalue weighted by atomic mass is 9.95. The van der Waals surface area contributed by atoms with E-state index < -0.39 is 0 Å². The SMILES string of the molecule is COCc1nc(C2CCCCCN2C(=O)c2n[nH]c3c2CCCC3)no1. The second kappa shape index (κ2) is 7.57. The first-order valence-electron chi connectivity index (χ1n) is 9.46. The Bertz CT molecular complexity index is 769. The molecule has 1 aliphatic carbocycles. The van der Waals surface area contributed by atoms with Gasteiger partial charge in [0, 0.05) is 24.9 Å².